The molecule has 1 aliphatic carbocycles. The maximum Gasteiger partial charge on any atom is 0.248 e. The second-order valence-corrected chi connectivity index (χ2v) is 7.74. The summed E-state index contributed by atoms with van der Waals surface area (Å²) in [6, 6.07) is 0. The summed E-state index contributed by atoms with van der Waals surface area (Å²) in [6.07, 6.45) is 4.96. The van der Waals surface area contributed by atoms with Crippen LogP contribution in [0, 0.1) is 5.92 Å². The standard InChI is InChI=1S/C18H25F2N3O2/c1-2-23-11-13(10-21-23)15-9-18(19,20)4-3-14(15)16(24)22-7-5-17(6-8-22)12-25-17/h10-11,14-15H,2-9,12H2,1H3. The SMILES string of the molecule is CCn1cc(C2CC(F)(F)CCC2C(=O)N2CCC3(CC2)CO3)cn1. The number of hydrogen-bond acceptors (Lipinski definition) is 3. The van der Waals surface area contributed by atoms with Crippen molar-refractivity contribution >= 4 is 5.91 Å². The van der Waals surface area contributed by atoms with E-state index in [0.29, 0.717) is 19.6 Å². The predicted octanol–water partition coefficient (Wildman–Crippen LogP) is 2.81. The molecule has 0 N–H and O–H groups in total. The van der Waals surface area contributed by atoms with E-state index in [2.05, 4.69) is 5.10 Å². The van der Waals surface area contributed by atoms with Gasteiger partial charge in [-0.3, -0.25) is 9.48 Å². The van der Waals surface area contributed by atoms with Crippen molar-refractivity contribution in [3.8, 4) is 0 Å². The molecule has 2 unspecified atom stereocenters. The highest BCUT2D eigenvalue weighted by Gasteiger charge is 2.50. The number of halogens is 2. The molecule has 25 heavy (non-hydrogen) atoms. The number of rotatable bonds is 3. The number of likely N-dealkylation sites (tertiary alicyclic amines) is 1. The molecular weight excluding hydrogens is 328 g/mol. The second kappa shape index (κ2) is 6.04. The van der Waals surface area contributed by atoms with Crippen LogP contribution in [0.1, 0.15) is 50.5 Å². The first-order chi connectivity index (χ1) is 11.9. The third kappa shape index (κ3) is 3.30. The maximum atomic E-state index is 14.0. The Morgan fingerprint density at radius 1 is 1.36 bits per heavy atom. The average Bonchev–Trinajstić information content (AvgIpc) is 3.17. The van der Waals surface area contributed by atoms with Gasteiger partial charge in [-0.25, -0.2) is 8.78 Å². The Morgan fingerprint density at radius 3 is 2.68 bits per heavy atom. The molecule has 2 atom stereocenters. The number of hydrogen-bond donors (Lipinski definition) is 0. The molecule has 3 heterocycles. The van der Waals surface area contributed by atoms with E-state index in [1.165, 1.54) is 0 Å². The molecule has 2 aliphatic heterocycles. The lowest BCUT2D eigenvalue weighted by atomic mass is 9.73. The van der Waals surface area contributed by atoms with Gasteiger partial charge >= 0.3 is 0 Å². The summed E-state index contributed by atoms with van der Waals surface area (Å²) in [5.41, 5.74) is 0.775. The molecule has 2 saturated heterocycles. The number of nitrogens with zero attached hydrogens (tertiary/aromatic N) is 3. The van der Waals surface area contributed by atoms with Crippen molar-refractivity contribution in [3.05, 3.63) is 18.0 Å². The van der Waals surface area contributed by atoms with Gasteiger partial charge in [-0.05, 0) is 31.7 Å². The fourth-order valence-electron chi connectivity index (χ4n) is 4.28. The van der Waals surface area contributed by atoms with Gasteiger partial charge in [0.2, 0.25) is 11.8 Å². The molecule has 1 aromatic heterocycles. The van der Waals surface area contributed by atoms with Gasteiger partial charge in [-0.1, -0.05) is 0 Å². The van der Waals surface area contributed by atoms with Gasteiger partial charge in [-0.15, -0.1) is 0 Å². The highest BCUT2D eigenvalue weighted by molar-refractivity contribution is 5.80. The number of aromatic nitrogens is 2. The van der Waals surface area contributed by atoms with Crippen LogP contribution in [-0.4, -0.2) is 51.8 Å². The van der Waals surface area contributed by atoms with E-state index in [1.54, 1.807) is 10.9 Å². The Bertz CT molecular complexity index is 647. The highest BCUT2D eigenvalue weighted by Crippen LogP contribution is 2.46. The molecule has 1 saturated carbocycles. The molecule has 0 aromatic carbocycles. The molecule has 138 valence electrons. The third-order valence-electron chi connectivity index (χ3n) is 6.09. The molecule has 1 amide bonds. The minimum absolute atomic E-state index is 0.0119. The summed E-state index contributed by atoms with van der Waals surface area (Å²) in [5, 5.41) is 4.22. The number of aryl methyl sites for hydroxylation is 1. The molecule has 0 bridgehead atoms. The largest absolute Gasteiger partial charge is 0.369 e. The minimum Gasteiger partial charge on any atom is -0.369 e. The summed E-state index contributed by atoms with van der Waals surface area (Å²) >= 11 is 0. The van der Waals surface area contributed by atoms with Crippen molar-refractivity contribution in [2.75, 3.05) is 19.7 Å². The quantitative estimate of drug-likeness (QED) is 0.785. The molecular formula is C18H25F2N3O2. The number of piperidine rings is 1. The van der Waals surface area contributed by atoms with E-state index in [4.69, 9.17) is 4.74 Å². The van der Waals surface area contributed by atoms with Gasteiger partial charge < -0.3 is 9.64 Å². The van der Waals surface area contributed by atoms with Crippen LogP contribution in [0.4, 0.5) is 8.78 Å². The zero-order valence-electron chi connectivity index (χ0n) is 14.6. The number of ether oxygens (including phenoxy) is 1. The summed E-state index contributed by atoms with van der Waals surface area (Å²) in [7, 11) is 0. The van der Waals surface area contributed by atoms with Crippen LogP contribution in [0.15, 0.2) is 12.4 Å². The van der Waals surface area contributed by atoms with E-state index < -0.39 is 11.8 Å². The lowest BCUT2D eigenvalue weighted by Gasteiger charge is -2.39. The van der Waals surface area contributed by atoms with Crippen LogP contribution in [0.2, 0.25) is 0 Å². The van der Waals surface area contributed by atoms with Gasteiger partial charge in [0, 0.05) is 50.5 Å². The predicted molar refractivity (Wildman–Crippen MR) is 87.4 cm³/mol. The maximum absolute atomic E-state index is 14.0. The molecule has 7 heteroatoms. The first-order valence-electron chi connectivity index (χ1n) is 9.24. The lowest BCUT2D eigenvalue weighted by Crippen LogP contribution is -2.47. The molecule has 0 radical (unpaired) electrons. The summed E-state index contributed by atoms with van der Waals surface area (Å²) in [4.78, 5) is 14.9. The monoisotopic (exact) mass is 353 g/mol. The van der Waals surface area contributed by atoms with Crippen molar-refractivity contribution in [1.29, 1.82) is 0 Å². The number of carbonyl (C=O) groups is 1. The second-order valence-electron chi connectivity index (χ2n) is 7.74. The van der Waals surface area contributed by atoms with Crippen LogP contribution in [0.5, 0.6) is 0 Å². The van der Waals surface area contributed by atoms with Gasteiger partial charge in [0.05, 0.1) is 18.4 Å². The Morgan fingerprint density at radius 2 is 2.08 bits per heavy atom. The molecule has 3 fully saturated rings. The number of amides is 1. The van der Waals surface area contributed by atoms with Crippen LogP contribution in [-0.2, 0) is 16.1 Å². The molecule has 1 aromatic rings. The normalized spacial score (nSPS) is 30.4. The Hall–Kier alpha value is -1.50. The van der Waals surface area contributed by atoms with Crippen molar-refractivity contribution < 1.29 is 18.3 Å². The van der Waals surface area contributed by atoms with Crippen LogP contribution in [0.25, 0.3) is 0 Å². The summed E-state index contributed by atoms with van der Waals surface area (Å²) in [6.45, 7) is 4.79. The molecule has 5 nitrogen and oxygen atoms in total. The number of epoxide rings is 1. The molecule has 3 aliphatic rings. The average molecular weight is 353 g/mol. The van der Waals surface area contributed by atoms with Gasteiger partial charge in [0.25, 0.3) is 0 Å². The van der Waals surface area contributed by atoms with E-state index >= 15 is 0 Å². The Labute approximate surface area is 146 Å². The fraction of sp³-hybridized carbons (Fsp3) is 0.778. The number of alkyl halides is 2. The fourth-order valence-corrected chi connectivity index (χ4v) is 4.28. The lowest BCUT2D eigenvalue weighted by molar-refractivity contribution is -0.142. The van der Waals surface area contributed by atoms with Gasteiger partial charge in [0.15, 0.2) is 0 Å². The van der Waals surface area contributed by atoms with Gasteiger partial charge in [0.1, 0.15) is 0 Å². The van der Waals surface area contributed by atoms with Crippen molar-refractivity contribution in [2.24, 2.45) is 5.92 Å². The zero-order valence-corrected chi connectivity index (χ0v) is 14.6. The highest BCUT2D eigenvalue weighted by atomic mass is 19.3. The summed E-state index contributed by atoms with van der Waals surface area (Å²) in [5.74, 6) is -3.50. The van der Waals surface area contributed by atoms with Gasteiger partial charge in [-0.2, -0.15) is 5.10 Å². The zero-order chi connectivity index (χ0) is 17.7. The minimum atomic E-state index is -2.70. The summed E-state index contributed by atoms with van der Waals surface area (Å²) < 4.78 is 35.3. The van der Waals surface area contributed by atoms with Crippen LogP contribution >= 0.6 is 0 Å². The van der Waals surface area contributed by atoms with Crippen molar-refractivity contribution in [3.63, 3.8) is 0 Å². The molecule has 1 spiro atoms. The van der Waals surface area contributed by atoms with E-state index in [0.717, 1.165) is 25.0 Å². The number of carbonyl (C=O) groups excluding carboxylic acids is 1. The van der Waals surface area contributed by atoms with Crippen molar-refractivity contribution in [1.82, 2.24) is 14.7 Å². The Balaban J connectivity index is 1.52. The first kappa shape index (κ1) is 16.9. The Kier molecular flexibility index (Phi) is 4.09. The first-order valence-corrected chi connectivity index (χ1v) is 9.24. The van der Waals surface area contributed by atoms with E-state index in [-0.39, 0.29) is 36.7 Å². The third-order valence-corrected chi connectivity index (χ3v) is 6.09. The van der Waals surface area contributed by atoms with Crippen LogP contribution < -0.4 is 0 Å². The van der Waals surface area contributed by atoms with E-state index in [9.17, 15) is 13.6 Å². The van der Waals surface area contributed by atoms with Crippen molar-refractivity contribution in [2.45, 2.75) is 63.0 Å². The topological polar surface area (TPSA) is 50.7 Å². The van der Waals surface area contributed by atoms with Crippen LogP contribution in [0.3, 0.4) is 0 Å². The van der Waals surface area contributed by atoms with E-state index in [1.807, 2.05) is 18.0 Å². The molecule has 4 rings (SSSR count). The smallest absolute Gasteiger partial charge is 0.248 e.